The summed E-state index contributed by atoms with van der Waals surface area (Å²) in [4.78, 5) is 25.3. The Labute approximate surface area is 325 Å². The van der Waals surface area contributed by atoms with E-state index < -0.39 is 0 Å². The zero-order chi connectivity index (χ0) is 37.0. The highest BCUT2D eigenvalue weighted by Crippen LogP contribution is 2.40. The van der Waals surface area contributed by atoms with E-state index >= 15 is 0 Å². The predicted molar refractivity (Wildman–Crippen MR) is 228 cm³/mol. The monoisotopic (exact) mass is 735 g/mol. The number of furan rings is 1. The van der Waals surface area contributed by atoms with Crippen molar-refractivity contribution >= 4 is 53.6 Å². The van der Waals surface area contributed by atoms with Crippen molar-refractivity contribution in [1.29, 1.82) is 0 Å². The summed E-state index contributed by atoms with van der Waals surface area (Å²) in [5.41, 5.74) is 10.0. The first-order valence-corrected chi connectivity index (χ1v) is 19.2. The number of thiophene rings is 1. The van der Waals surface area contributed by atoms with Gasteiger partial charge in [0.15, 0.2) is 28.9 Å². The number of nitrogens with zero attached hydrogens (tertiary/aromatic N) is 5. The first-order valence-electron chi connectivity index (χ1n) is 18.4. The quantitative estimate of drug-likeness (QED) is 0.169. The van der Waals surface area contributed by atoms with E-state index in [-0.39, 0.29) is 0 Å². The van der Waals surface area contributed by atoms with Gasteiger partial charge in [-0.05, 0) is 53.6 Å². The van der Waals surface area contributed by atoms with Crippen molar-refractivity contribution in [3.05, 3.63) is 176 Å². The second kappa shape index (κ2) is 13.2. The average molecular weight is 736 g/mol. The normalized spacial score (nSPS) is 11.6. The number of rotatable bonds is 6. The van der Waals surface area contributed by atoms with Crippen molar-refractivity contribution in [3.63, 3.8) is 0 Å². The van der Waals surface area contributed by atoms with Gasteiger partial charge in [0.1, 0.15) is 16.8 Å². The molecule has 0 spiro atoms. The lowest BCUT2D eigenvalue weighted by molar-refractivity contribution is 0.667. The second-order valence-corrected chi connectivity index (χ2v) is 14.8. The summed E-state index contributed by atoms with van der Waals surface area (Å²) in [6, 6.07) is 60.0. The average Bonchev–Trinajstić information content (AvgIpc) is 3.84. The van der Waals surface area contributed by atoms with E-state index in [4.69, 9.17) is 29.3 Å². The Hall–Kier alpha value is -7.35. The lowest BCUT2D eigenvalue weighted by Crippen LogP contribution is -2.00. The number of benzene rings is 7. The molecule has 0 aliphatic carbocycles. The molecule has 262 valence electrons. The van der Waals surface area contributed by atoms with Crippen LogP contribution in [0.5, 0.6) is 0 Å². The van der Waals surface area contributed by atoms with Crippen molar-refractivity contribution in [2.75, 3.05) is 0 Å². The van der Waals surface area contributed by atoms with Crippen LogP contribution in [0.4, 0.5) is 0 Å². The van der Waals surface area contributed by atoms with Gasteiger partial charge in [-0.25, -0.2) is 24.9 Å². The fourth-order valence-corrected chi connectivity index (χ4v) is 8.51. The number of para-hydroxylation sites is 1. The highest BCUT2D eigenvalue weighted by Gasteiger charge is 2.19. The van der Waals surface area contributed by atoms with Crippen LogP contribution in [0, 0.1) is 0 Å². The van der Waals surface area contributed by atoms with Gasteiger partial charge < -0.3 is 4.42 Å². The Morgan fingerprint density at radius 1 is 0.339 bits per heavy atom. The maximum atomic E-state index is 6.34. The van der Waals surface area contributed by atoms with E-state index in [1.54, 1.807) is 11.3 Å². The molecule has 56 heavy (non-hydrogen) atoms. The summed E-state index contributed by atoms with van der Waals surface area (Å²) < 4.78 is 8.66. The van der Waals surface area contributed by atoms with Gasteiger partial charge in [-0.2, -0.15) is 0 Å². The maximum Gasteiger partial charge on any atom is 0.180 e. The van der Waals surface area contributed by atoms with Gasteiger partial charge in [-0.1, -0.05) is 133 Å². The summed E-state index contributed by atoms with van der Waals surface area (Å²) in [6.45, 7) is 0. The zero-order valence-electron chi connectivity index (χ0n) is 29.8. The summed E-state index contributed by atoms with van der Waals surface area (Å²) in [5.74, 6) is 2.54. The third-order valence-electron chi connectivity index (χ3n) is 10.1. The molecule has 4 heterocycles. The molecule has 0 saturated carbocycles. The molecular weight excluding hydrogens is 707 g/mol. The third-order valence-corrected chi connectivity index (χ3v) is 11.3. The largest absolute Gasteiger partial charge is 0.452 e. The smallest absolute Gasteiger partial charge is 0.180 e. The molecule has 0 unspecified atom stereocenters. The SMILES string of the molecule is c1ccc(-c2cccc(-c3nc(-c4ccccc4)nc(-c4ccc5sc6cc(-c7nc(-c8ccccc8)c8oc9ccccc9c8n7)ccc6c5c4)n3)c2)cc1. The molecule has 0 aliphatic heterocycles. The Bertz CT molecular complexity index is 3250. The van der Waals surface area contributed by atoms with Crippen LogP contribution < -0.4 is 0 Å². The molecule has 11 rings (SSSR count). The minimum absolute atomic E-state index is 0.624. The fraction of sp³-hybridized carbons (Fsp3) is 0. The Balaban J connectivity index is 1.03. The first-order chi connectivity index (χ1) is 27.7. The molecule has 0 amide bonds. The van der Waals surface area contributed by atoms with E-state index in [1.165, 1.54) is 4.70 Å². The van der Waals surface area contributed by atoms with E-state index in [0.29, 0.717) is 28.9 Å². The number of fused-ring (bicyclic) bond motifs is 6. The highest BCUT2D eigenvalue weighted by molar-refractivity contribution is 7.25. The van der Waals surface area contributed by atoms with Crippen LogP contribution in [0.15, 0.2) is 180 Å². The third kappa shape index (κ3) is 5.61. The summed E-state index contributed by atoms with van der Waals surface area (Å²) in [7, 11) is 0. The highest BCUT2D eigenvalue weighted by atomic mass is 32.1. The van der Waals surface area contributed by atoms with Crippen LogP contribution in [0.2, 0.25) is 0 Å². The van der Waals surface area contributed by atoms with Crippen LogP contribution in [0.25, 0.3) is 110 Å². The number of hydrogen-bond donors (Lipinski definition) is 0. The van der Waals surface area contributed by atoms with Gasteiger partial charge >= 0.3 is 0 Å². The zero-order valence-corrected chi connectivity index (χ0v) is 30.6. The molecule has 0 radical (unpaired) electrons. The predicted octanol–water partition coefficient (Wildman–Crippen LogP) is 12.9. The Kier molecular flexibility index (Phi) is 7.57. The summed E-state index contributed by atoms with van der Waals surface area (Å²) in [6.07, 6.45) is 0. The molecule has 6 nitrogen and oxygen atoms in total. The van der Waals surface area contributed by atoms with Crippen LogP contribution in [-0.2, 0) is 0 Å². The van der Waals surface area contributed by atoms with Gasteiger partial charge in [0.2, 0.25) is 0 Å². The molecular formula is C49H29N5OS. The minimum atomic E-state index is 0.624. The topological polar surface area (TPSA) is 77.6 Å². The summed E-state index contributed by atoms with van der Waals surface area (Å²) in [5, 5.41) is 3.27. The van der Waals surface area contributed by atoms with Gasteiger partial charge in [-0.3, -0.25) is 0 Å². The molecule has 7 heteroatoms. The van der Waals surface area contributed by atoms with Gasteiger partial charge in [-0.15, -0.1) is 11.3 Å². The number of aromatic nitrogens is 5. The van der Waals surface area contributed by atoms with E-state index in [2.05, 4.69) is 103 Å². The van der Waals surface area contributed by atoms with Crippen molar-refractivity contribution in [2.45, 2.75) is 0 Å². The lowest BCUT2D eigenvalue weighted by Gasteiger charge is -2.10. The van der Waals surface area contributed by atoms with Crippen LogP contribution in [0.1, 0.15) is 0 Å². The summed E-state index contributed by atoms with van der Waals surface area (Å²) >= 11 is 1.76. The molecule has 0 bridgehead atoms. The van der Waals surface area contributed by atoms with Crippen LogP contribution >= 0.6 is 11.3 Å². The van der Waals surface area contributed by atoms with Crippen molar-refractivity contribution in [2.24, 2.45) is 0 Å². The fourth-order valence-electron chi connectivity index (χ4n) is 7.39. The molecule has 7 aromatic carbocycles. The van der Waals surface area contributed by atoms with Gasteiger partial charge in [0.05, 0.1) is 0 Å². The minimum Gasteiger partial charge on any atom is -0.452 e. The van der Waals surface area contributed by atoms with Crippen molar-refractivity contribution in [3.8, 4) is 67.9 Å². The van der Waals surface area contributed by atoms with E-state index in [0.717, 1.165) is 76.6 Å². The van der Waals surface area contributed by atoms with Crippen molar-refractivity contribution in [1.82, 2.24) is 24.9 Å². The maximum absolute atomic E-state index is 6.34. The van der Waals surface area contributed by atoms with Crippen molar-refractivity contribution < 1.29 is 4.42 Å². The Morgan fingerprint density at radius 2 is 0.911 bits per heavy atom. The van der Waals surface area contributed by atoms with E-state index in [9.17, 15) is 0 Å². The molecule has 4 aromatic heterocycles. The number of hydrogen-bond acceptors (Lipinski definition) is 7. The van der Waals surface area contributed by atoms with Gasteiger partial charge in [0, 0.05) is 53.4 Å². The molecule has 0 saturated heterocycles. The molecule has 0 fully saturated rings. The van der Waals surface area contributed by atoms with Crippen LogP contribution in [-0.4, -0.2) is 24.9 Å². The second-order valence-electron chi connectivity index (χ2n) is 13.7. The first kappa shape index (κ1) is 32.1. The van der Waals surface area contributed by atoms with E-state index in [1.807, 2.05) is 72.8 Å². The Morgan fingerprint density at radius 3 is 1.68 bits per heavy atom. The van der Waals surface area contributed by atoms with Crippen LogP contribution in [0.3, 0.4) is 0 Å². The molecule has 0 aliphatic rings. The molecule has 0 atom stereocenters. The lowest BCUT2D eigenvalue weighted by atomic mass is 10.0. The van der Waals surface area contributed by atoms with Gasteiger partial charge in [0.25, 0.3) is 0 Å². The molecule has 0 N–H and O–H groups in total. The molecule has 11 aromatic rings. The standard InChI is InChI=1S/C49H29N5OS/c1-4-13-30(14-5-1)33-19-12-20-34(27-33)48-52-46(32-17-8-3-9-18-32)53-49(54-48)35-24-26-41-39(28-35)37-25-23-36(29-42(37)56-41)47-50-43(31-15-6-2-7-16-31)45-44(51-47)38-21-10-11-22-40(38)55-45/h1-29H.